The number of ether oxygens (including phenoxy) is 3. The number of unbranched alkanes of at least 4 members (excludes halogenated alkanes) is 18. The molecule has 63 heavy (non-hydrogen) atoms. The molecule has 0 aliphatic rings. The molecule has 0 rings (SSSR count). The molecule has 0 aliphatic heterocycles. The van der Waals surface area contributed by atoms with Gasteiger partial charge in [-0.05, 0) is 89.9 Å². The van der Waals surface area contributed by atoms with Crippen molar-refractivity contribution in [2.45, 2.75) is 232 Å². The summed E-state index contributed by atoms with van der Waals surface area (Å²) in [4.78, 5) is 37.9. The largest absolute Gasteiger partial charge is 0.462 e. The molecule has 0 bridgehead atoms. The van der Waals surface area contributed by atoms with Crippen LogP contribution in [0.4, 0.5) is 0 Å². The van der Waals surface area contributed by atoms with Gasteiger partial charge in [-0.25, -0.2) is 0 Å². The molecule has 358 valence electrons. The van der Waals surface area contributed by atoms with Gasteiger partial charge in [0.05, 0.1) is 0 Å². The zero-order chi connectivity index (χ0) is 45.8. The molecule has 0 radical (unpaired) electrons. The zero-order valence-corrected chi connectivity index (χ0v) is 40.8. The molecule has 0 aromatic rings. The van der Waals surface area contributed by atoms with Gasteiger partial charge in [-0.1, -0.05) is 214 Å². The summed E-state index contributed by atoms with van der Waals surface area (Å²) in [6.07, 6.45) is 66.9. The number of rotatable bonds is 45. The Morgan fingerprint density at radius 1 is 0.333 bits per heavy atom. The van der Waals surface area contributed by atoms with Gasteiger partial charge >= 0.3 is 17.9 Å². The summed E-state index contributed by atoms with van der Waals surface area (Å²) in [5.41, 5.74) is 0. The third-order valence-corrected chi connectivity index (χ3v) is 10.6. The Labute approximate surface area is 387 Å². The molecular formula is C57H94O6. The van der Waals surface area contributed by atoms with E-state index in [1.807, 2.05) is 6.08 Å². The van der Waals surface area contributed by atoms with Crippen LogP contribution >= 0.6 is 0 Å². The predicted octanol–water partition coefficient (Wildman–Crippen LogP) is 17.0. The highest BCUT2D eigenvalue weighted by molar-refractivity contribution is 5.71. The minimum atomic E-state index is -0.810. The van der Waals surface area contributed by atoms with Crippen LogP contribution in [0.1, 0.15) is 226 Å². The molecule has 0 saturated heterocycles. The molecule has 6 heteroatoms. The van der Waals surface area contributed by atoms with Crippen LogP contribution < -0.4 is 0 Å². The fourth-order valence-electron chi connectivity index (χ4n) is 6.73. The Hall–Kier alpha value is -3.67. The molecule has 0 fully saturated rings. The van der Waals surface area contributed by atoms with Crippen molar-refractivity contribution >= 4 is 17.9 Å². The Bertz CT molecular complexity index is 1280. The molecule has 0 spiro atoms. The summed E-state index contributed by atoms with van der Waals surface area (Å²) < 4.78 is 16.7. The lowest BCUT2D eigenvalue weighted by atomic mass is 10.1. The Kier molecular flexibility index (Phi) is 48.0. The highest BCUT2D eigenvalue weighted by Gasteiger charge is 2.19. The monoisotopic (exact) mass is 875 g/mol. The highest BCUT2D eigenvalue weighted by atomic mass is 16.6. The average Bonchev–Trinajstić information content (AvgIpc) is 3.28. The molecule has 0 aromatic carbocycles. The summed E-state index contributed by atoms with van der Waals surface area (Å²) in [6, 6.07) is 0. The maximum atomic E-state index is 12.8. The number of allylic oxidation sites excluding steroid dienone is 16. The second kappa shape index (κ2) is 51.0. The molecule has 6 nitrogen and oxygen atoms in total. The fraction of sp³-hybridized carbons (Fsp3) is 0.667. The first-order valence-corrected chi connectivity index (χ1v) is 25.7. The summed E-state index contributed by atoms with van der Waals surface area (Å²) in [7, 11) is 0. The smallest absolute Gasteiger partial charge is 0.306 e. The van der Waals surface area contributed by atoms with Gasteiger partial charge in [-0.2, -0.15) is 0 Å². The Balaban J connectivity index is 4.47. The van der Waals surface area contributed by atoms with E-state index in [0.29, 0.717) is 19.3 Å². The van der Waals surface area contributed by atoms with Crippen molar-refractivity contribution in [2.24, 2.45) is 0 Å². The van der Waals surface area contributed by atoms with Gasteiger partial charge in [0, 0.05) is 19.3 Å². The van der Waals surface area contributed by atoms with E-state index >= 15 is 0 Å². The van der Waals surface area contributed by atoms with Crippen LogP contribution in [0.3, 0.4) is 0 Å². The lowest BCUT2D eigenvalue weighted by Crippen LogP contribution is -2.30. The van der Waals surface area contributed by atoms with Crippen LogP contribution in [-0.4, -0.2) is 37.2 Å². The van der Waals surface area contributed by atoms with Crippen LogP contribution in [0, 0.1) is 0 Å². The average molecular weight is 875 g/mol. The van der Waals surface area contributed by atoms with Gasteiger partial charge in [-0.3, -0.25) is 14.4 Å². The summed E-state index contributed by atoms with van der Waals surface area (Å²) in [5.74, 6) is -1.01. The normalized spacial score (nSPS) is 12.9. The van der Waals surface area contributed by atoms with E-state index in [-0.39, 0.29) is 37.5 Å². The third-order valence-electron chi connectivity index (χ3n) is 10.6. The second-order valence-electron chi connectivity index (χ2n) is 16.7. The van der Waals surface area contributed by atoms with Crippen molar-refractivity contribution in [3.8, 4) is 0 Å². The van der Waals surface area contributed by atoms with Gasteiger partial charge in [-0.15, -0.1) is 0 Å². The van der Waals surface area contributed by atoms with Gasteiger partial charge in [0.15, 0.2) is 6.10 Å². The van der Waals surface area contributed by atoms with E-state index in [4.69, 9.17) is 14.2 Å². The number of hydrogen-bond donors (Lipinski definition) is 0. The number of carbonyl (C=O) groups excluding carboxylic acids is 3. The van der Waals surface area contributed by atoms with Gasteiger partial charge < -0.3 is 14.2 Å². The maximum absolute atomic E-state index is 12.8. The first-order chi connectivity index (χ1) is 31.0. The first-order valence-electron chi connectivity index (χ1n) is 25.7. The lowest BCUT2D eigenvalue weighted by Gasteiger charge is -2.18. The van der Waals surface area contributed by atoms with Crippen molar-refractivity contribution in [1.82, 2.24) is 0 Å². The van der Waals surface area contributed by atoms with E-state index in [1.54, 1.807) is 0 Å². The summed E-state index contributed by atoms with van der Waals surface area (Å²) in [6.45, 7) is 6.40. The zero-order valence-electron chi connectivity index (χ0n) is 40.8. The van der Waals surface area contributed by atoms with Crippen molar-refractivity contribution < 1.29 is 28.6 Å². The molecule has 0 heterocycles. The number of esters is 3. The number of carbonyl (C=O) groups is 3. The van der Waals surface area contributed by atoms with Crippen LogP contribution in [0.25, 0.3) is 0 Å². The van der Waals surface area contributed by atoms with Crippen LogP contribution in [0.5, 0.6) is 0 Å². The summed E-state index contributed by atoms with van der Waals surface area (Å²) in [5, 5.41) is 0. The molecule has 0 N–H and O–H groups in total. The van der Waals surface area contributed by atoms with Crippen LogP contribution in [-0.2, 0) is 28.6 Å². The van der Waals surface area contributed by atoms with E-state index in [9.17, 15) is 14.4 Å². The molecule has 0 aromatic heterocycles. The van der Waals surface area contributed by atoms with Crippen molar-refractivity contribution in [3.05, 3.63) is 97.2 Å². The molecular weight excluding hydrogens is 781 g/mol. The molecule has 1 atom stereocenters. The molecule has 0 aliphatic carbocycles. The van der Waals surface area contributed by atoms with Crippen LogP contribution in [0.2, 0.25) is 0 Å². The topological polar surface area (TPSA) is 78.9 Å². The number of hydrogen-bond acceptors (Lipinski definition) is 6. The minimum absolute atomic E-state index is 0.104. The quantitative estimate of drug-likeness (QED) is 0.0262. The van der Waals surface area contributed by atoms with Crippen molar-refractivity contribution in [2.75, 3.05) is 13.2 Å². The van der Waals surface area contributed by atoms with E-state index in [0.717, 1.165) is 89.9 Å². The minimum Gasteiger partial charge on any atom is -0.462 e. The van der Waals surface area contributed by atoms with E-state index in [2.05, 4.69) is 112 Å². The van der Waals surface area contributed by atoms with Gasteiger partial charge in [0.2, 0.25) is 0 Å². The molecule has 0 saturated carbocycles. The third kappa shape index (κ3) is 49.2. The molecule has 1 unspecified atom stereocenters. The maximum Gasteiger partial charge on any atom is 0.306 e. The summed E-state index contributed by atoms with van der Waals surface area (Å²) >= 11 is 0. The van der Waals surface area contributed by atoms with Gasteiger partial charge in [0.1, 0.15) is 13.2 Å². The SMILES string of the molecule is CC/C=C\C/C=C\C/C=C\C/C=C\C/C=C\C/C=C\CCC(=O)OCC(COC(=O)CCCCCCCCCCC)OC(=O)CCCCCCCCC/C=C\C/C=C\CCCCC. The predicted molar refractivity (Wildman–Crippen MR) is 270 cm³/mol. The first kappa shape index (κ1) is 59.3. The van der Waals surface area contributed by atoms with E-state index in [1.165, 1.54) is 89.9 Å². The Morgan fingerprint density at radius 2 is 0.651 bits per heavy atom. The highest BCUT2D eigenvalue weighted by Crippen LogP contribution is 2.13. The van der Waals surface area contributed by atoms with Gasteiger partial charge in [0.25, 0.3) is 0 Å². The standard InChI is InChI=1S/C57H94O6/c1-4-7-10-13-16-19-21-23-25-27-28-30-31-33-35-38-41-44-47-50-56(59)62-53-54(52-61-55(58)49-46-43-40-37-18-15-12-9-6-3)63-57(60)51-48-45-42-39-36-34-32-29-26-24-22-20-17-14-11-8-5-2/h7,10,16-17,19-20,23-26,28,30,33,35,41,44,54H,4-6,8-9,11-15,18,21-22,27,29,31-32,34,36-40,42-43,45-53H2,1-3H3/b10-7-,19-16-,20-17-,25-23-,26-24-,30-28-,35-33-,44-41-. The lowest BCUT2D eigenvalue weighted by molar-refractivity contribution is -0.166. The molecule has 0 amide bonds. The fourth-order valence-corrected chi connectivity index (χ4v) is 6.73. The van der Waals surface area contributed by atoms with Crippen molar-refractivity contribution in [3.63, 3.8) is 0 Å². The van der Waals surface area contributed by atoms with Crippen LogP contribution in [0.15, 0.2) is 97.2 Å². The van der Waals surface area contributed by atoms with E-state index < -0.39 is 6.10 Å². The second-order valence-corrected chi connectivity index (χ2v) is 16.7. The Morgan fingerprint density at radius 3 is 1.10 bits per heavy atom. The van der Waals surface area contributed by atoms with Crippen molar-refractivity contribution in [1.29, 1.82) is 0 Å².